The fourth-order valence-corrected chi connectivity index (χ4v) is 8.92. The number of carbonyl (C=O) groups is 2. The van der Waals surface area contributed by atoms with Gasteiger partial charge in [-0.25, -0.2) is 19.2 Å². The third kappa shape index (κ3) is 8.28. The Balaban J connectivity index is 1.02. The van der Waals surface area contributed by atoms with E-state index < -0.39 is 11.4 Å². The zero-order valence-electron chi connectivity index (χ0n) is 34.5. The van der Waals surface area contributed by atoms with Crippen LogP contribution in [0.5, 0.6) is 0 Å². The Bertz CT molecular complexity index is 2160. The van der Waals surface area contributed by atoms with E-state index in [0.29, 0.717) is 55.7 Å². The highest BCUT2D eigenvalue weighted by atomic mass is 19.1. The lowest BCUT2D eigenvalue weighted by Gasteiger charge is -2.44. The molecule has 7 rings (SSSR count). The fourth-order valence-electron chi connectivity index (χ4n) is 8.92. The predicted molar refractivity (Wildman–Crippen MR) is 220 cm³/mol. The fraction of sp³-hybridized carbons (Fsp3) is 0.523. The number of piperidine rings is 1. The van der Waals surface area contributed by atoms with Crippen LogP contribution < -0.4 is 9.80 Å². The van der Waals surface area contributed by atoms with Crippen LogP contribution in [0.2, 0.25) is 0 Å². The molecule has 0 unspecified atom stereocenters. The molecule has 5 heterocycles. The Hall–Kier alpha value is -5.22. The number of rotatable bonds is 9. The summed E-state index contributed by atoms with van der Waals surface area (Å²) < 4.78 is 22.3. The van der Waals surface area contributed by atoms with E-state index in [9.17, 15) is 19.2 Å². The van der Waals surface area contributed by atoms with E-state index in [1.807, 2.05) is 47.6 Å². The highest BCUT2D eigenvalue weighted by molar-refractivity contribution is 6.01. The van der Waals surface area contributed by atoms with E-state index >= 15 is 0 Å². The third-order valence-electron chi connectivity index (χ3n) is 11.9. The van der Waals surface area contributed by atoms with Gasteiger partial charge >= 0.3 is 6.09 Å². The summed E-state index contributed by atoms with van der Waals surface area (Å²) in [6.45, 7) is 20.2. The zero-order chi connectivity index (χ0) is 40.6. The highest BCUT2D eigenvalue weighted by Gasteiger charge is 2.35. The molecule has 2 saturated heterocycles. The molecule has 0 radical (unpaired) electrons. The van der Waals surface area contributed by atoms with Gasteiger partial charge in [-0.3, -0.25) is 9.69 Å². The van der Waals surface area contributed by atoms with Crippen LogP contribution in [-0.2, 0) is 17.8 Å². The van der Waals surface area contributed by atoms with Crippen molar-refractivity contribution in [2.75, 3.05) is 55.6 Å². The molecule has 0 saturated carbocycles. The molecule has 1 atom stereocenters. The van der Waals surface area contributed by atoms with Crippen LogP contribution >= 0.6 is 0 Å². The first-order valence-electron chi connectivity index (χ1n) is 20.4. The molecule has 2 aromatic carbocycles. The number of fused-ring (bicyclic) bond motifs is 2. The second-order valence-corrected chi connectivity index (χ2v) is 17.0. The number of aromatic nitrogens is 3. The van der Waals surface area contributed by atoms with Crippen molar-refractivity contribution in [3.63, 3.8) is 0 Å². The molecule has 0 spiro atoms. The number of hydrogen-bond donors (Lipinski definition) is 0. The summed E-state index contributed by atoms with van der Waals surface area (Å²) in [5, 5.41) is 11.2. The quantitative estimate of drug-likeness (QED) is 0.171. The minimum absolute atomic E-state index is 0.0181. The number of hydrogen-bond acceptors (Lipinski definition) is 9. The smallest absolute Gasteiger partial charge is 0.410 e. The van der Waals surface area contributed by atoms with Gasteiger partial charge in [0.2, 0.25) is 0 Å². The average Bonchev–Trinajstić information content (AvgIpc) is 3.80. The molecule has 0 aliphatic carbocycles. The summed E-state index contributed by atoms with van der Waals surface area (Å²) >= 11 is 0. The largest absolute Gasteiger partial charge is 0.444 e. The third-order valence-corrected chi connectivity index (χ3v) is 11.9. The molecule has 3 aliphatic rings. The van der Waals surface area contributed by atoms with Gasteiger partial charge in [0.25, 0.3) is 5.91 Å². The lowest BCUT2D eigenvalue weighted by molar-refractivity contribution is 0.0287. The molecular formula is C44H56FN9O3. The van der Waals surface area contributed by atoms with E-state index in [1.54, 1.807) is 28.4 Å². The van der Waals surface area contributed by atoms with Gasteiger partial charge in [-0.15, -0.1) is 0 Å². The lowest BCUT2D eigenvalue weighted by atomic mass is 9.99. The summed E-state index contributed by atoms with van der Waals surface area (Å²) in [6, 6.07) is 13.6. The first-order valence-corrected chi connectivity index (χ1v) is 20.4. The summed E-state index contributed by atoms with van der Waals surface area (Å²) in [5.41, 5.74) is 5.46. The molecule has 12 nitrogen and oxygen atoms in total. The summed E-state index contributed by atoms with van der Waals surface area (Å²) in [5.74, 6) is 0.452. The van der Waals surface area contributed by atoms with Crippen molar-refractivity contribution in [2.45, 2.75) is 98.5 Å². The van der Waals surface area contributed by atoms with E-state index in [4.69, 9.17) is 9.72 Å². The first kappa shape index (κ1) is 40.0. The van der Waals surface area contributed by atoms with Gasteiger partial charge in [0.1, 0.15) is 35.2 Å². The number of amides is 2. The van der Waals surface area contributed by atoms with E-state index in [0.717, 1.165) is 67.8 Å². The van der Waals surface area contributed by atoms with Gasteiger partial charge in [-0.2, -0.15) is 5.26 Å². The molecule has 57 heavy (non-hydrogen) atoms. The van der Waals surface area contributed by atoms with Gasteiger partial charge in [0.15, 0.2) is 5.82 Å². The minimum atomic E-state index is -0.532. The molecule has 0 bridgehead atoms. The van der Waals surface area contributed by atoms with Crippen molar-refractivity contribution < 1.29 is 18.7 Å². The molecule has 2 fully saturated rings. The lowest BCUT2D eigenvalue weighted by Crippen LogP contribution is -2.50. The number of carbonyl (C=O) groups excluding carboxylic acids is 2. The van der Waals surface area contributed by atoms with Crippen molar-refractivity contribution in [3.05, 3.63) is 77.1 Å². The van der Waals surface area contributed by atoms with Crippen LogP contribution in [0, 0.1) is 30.0 Å². The van der Waals surface area contributed by atoms with Crippen LogP contribution in [-0.4, -0.2) is 105 Å². The van der Waals surface area contributed by atoms with Crippen LogP contribution in [0.1, 0.15) is 88.0 Å². The molecule has 4 aromatic rings. The minimum Gasteiger partial charge on any atom is -0.444 e. The zero-order valence-corrected chi connectivity index (χ0v) is 34.5. The van der Waals surface area contributed by atoms with Gasteiger partial charge in [0.05, 0.1) is 17.4 Å². The molecular weight excluding hydrogens is 722 g/mol. The van der Waals surface area contributed by atoms with Crippen LogP contribution in [0.3, 0.4) is 0 Å². The molecule has 13 heteroatoms. The molecule has 2 amide bonds. The number of anilines is 3. The monoisotopic (exact) mass is 777 g/mol. The number of ether oxygens (including phenoxy) is 1. The van der Waals surface area contributed by atoms with Gasteiger partial charge in [0, 0.05) is 81.9 Å². The number of aryl methyl sites for hydroxylation is 1. The van der Waals surface area contributed by atoms with Crippen molar-refractivity contribution in [1.29, 1.82) is 5.26 Å². The Kier molecular flexibility index (Phi) is 11.5. The molecule has 3 aliphatic heterocycles. The van der Waals surface area contributed by atoms with Crippen LogP contribution in [0.4, 0.5) is 26.4 Å². The topological polar surface area (TPSA) is 114 Å². The Morgan fingerprint density at radius 1 is 1.04 bits per heavy atom. The summed E-state index contributed by atoms with van der Waals surface area (Å²) in [4.78, 5) is 46.1. The predicted octanol–water partition coefficient (Wildman–Crippen LogP) is 7.50. The maximum atomic E-state index is 14.6. The van der Waals surface area contributed by atoms with Crippen LogP contribution in [0.15, 0.2) is 48.9 Å². The summed E-state index contributed by atoms with van der Waals surface area (Å²) in [6.07, 6.45) is 5.93. The second-order valence-electron chi connectivity index (χ2n) is 17.0. The van der Waals surface area contributed by atoms with Crippen molar-refractivity contribution in [1.82, 2.24) is 29.2 Å². The SMILES string of the molecule is CCN(C(=O)c1cc(F)ccc1N1CCN(C2CCN(Cc3ccc4c(cc(C#N)n4C[C@@H]4CCN(C(=O)OC(C)(C)C)C4)c3C)CC2)c2ncncc21)C(C)C. The van der Waals surface area contributed by atoms with Gasteiger partial charge in [-0.1, -0.05) is 6.07 Å². The first-order chi connectivity index (χ1) is 27.3. The number of halogens is 1. The van der Waals surface area contributed by atoms with Crippen LogP contribution in [0.25, 0.3) is 10.9 Å². The Morgan fingerprint density at radius 2 is 1.81 bits per heavy atom. The Labute approximate surface area is 335 Å². The summed E-state index contributed by atoms with van der Waals surface area (Å²) in [7, 11) is 0. The second kappa shape index (κ2) is 16.3. The van der Waals surface area contributed by atoms with Crippen molar-refractivity contribution >= 4 is 40.1 Å². The number of nitrogens with zero attached hydrogens (tertiary/aromatic N) is 9. The van der Waals surface area contributed by atoms with E-state index in [1.165, 1.54) is 23.3 Å². The standard InChI is InChI=1S/C44H56FN9O3/c1-8-51(29(2)3)42(55)37-21-33(45)10-12-39(37)53-20-19-52(41-40(53)24-47-28-48-41)34-14-16-49(17-15-34)27-32-9-11-38-36(30(32)4)22-35(23-46)54(38)26-31-13-18-50(25-31)43(56)57-44(5,6)7/h9-12,21-22,24,28-29,31,34H,8,13-20,25-27H2,1-7H3/t31-/m1/s1. The molecule has 2 aromatic heterocycles. The number of benzene rings is 2. The average molecular weight is 778 g/mol. The van der Waals surface area contributed by atoms with Gasteiger partial charge in [-0.05, 0) is 115 Å². The number of likely N-dealkylation sites (tertiary alicyclic amines) is 2. The van der Waals surface area contributed by atoms with Crippen molar-refractivity contribution in [2.24, 2.45) is 5.92 Å². The maximum Gasteiger partial charge on any atom is 0.410 e. The van der Waals surface area contributed by atoms with E-state index in [-0.39, 0.29) is 24.0 Å². The van der Waals surface area contributed by atoms with E-state index in [2.05, 4.69) is 49.4 Å². The molecule has 302 valence electrons. The highest BCUT2D eigenvalue weighted by Crippen LogP contribution is 2.40. The van der Waals surface area contributed by atoms with Crippen molar-refractivity contribution in [3.8, 4) is 6.07 Å². The number of nitriles is 1. The normalized spacial score (nSPS) is 18.0. The maximum absolute atomic E-state index is 14.6. The van der Waals surface area contributed by atoms with Gasteiger partial charge < -0.3 is 28.9 Å². The Morgan fingerprint density at radius 3 is 2.51 bits per heavy atom. The molecule has 0 N–H and O–H groups in total.